The zero-order chi connectivity index (χ0) is 18.8. The van der Waals surface area contributed by atoms with E-state index in [1.807, 2.05) is 17.0 Å². The van der Waals surface area contributed by atoms with Crippen LogP contribution in [-0.4, -0.2) is 41.9 Å². The molecule has 2 aliphatic rings. The summed E-state index contributed by atoms with van der Waals surface area (Å²) in [6, 6.07) is 14.4. The molecule has 2 atom stereocenters. The van der Waals surface area contributed by atoms with E-state index in [1.54, 1.807) is 36.4 Å². The minimum Gasteiger partial charge on any atom is -0.331 e. The van der Waals surface area contributed by atoms with Crippen LogP contribution in [0.15, 0.2) is 48.5 Å². The van der Waals surface area contributed by atoms with Crippen LogP contribution >= 0.6 is 11.6 Å². The molecule has 2 unspecified atom stereocenters. The lowest BCUT2D eigenvalue weighted by atomic mass is 10.1. The molecule has 5 nitrogen and oxygen atoms in total. The van der Waals surface area contributed by atoms with Gasteiger partial charge in [-0.1, -0.05) is 23.7 Å². The number of amides is 2. The molecule has 2 aliphatic heterocycles. The molecule has 0 saturated carbocycles. The van der Waals surface area contributed by atoms with Crippen LogP contribution in [0.5, 0.6) is 0 Å². The van der Waals surface area contributed by atoms with Crippen LogP contribution in [0.3, 0.4) is 0 Å². The molecule has 140 valence electrons. The lowest BCUT2D eigenvalue weighted by Gasteiger charge is -2.28. The number of hydrogen-bond donors (Lipinski definition) is 2. The Morgan fingerprint density at radius 1 is 1.00 bits per heavy atom. The number of carbonyl (C=O) groups is 2. The lowest BCUT2D eigenvalue weighted by Crippen LogP contribution is -2.42. The number of nitrogens with zero attached hydrogens (tertiary/aromatic N) is 1. The van der Waals surface area contributed by atoms with Crippen LogP contribution in [0.1, 0.15) is 40.0 Å². The summed E-state index contributed by atoms with van der Waals surface area (Å²) in [6.07, 6.45) is 3.06. The fourth-order valence-corrected chi connectivity index (χ4v) is 4.15. The monoisotopic (exact) mass is 383 g/mol. The van der Waals surface area contributed by atoms with Gasteiger partial charge < -0.3 is 15.5 Å². The number of halogens is 1. The van der Waals surface area contributed by atoms with Gasteiger partial charge in [0.05, 0.1) is 11.3 Å². The van der Waals surface area contributed by atoms with Gasteiger partial charge in [0.2, 0.25) is 0 Å². The van der Waals surface area contributed by atoms with Crippen molar-refractivity contribution in [1.82, 2.24) is 10.2 Å². The predicted molar refractivity (Wildman–Crippen MR) is 106 cm³/mol. The third kappa shape index (κ3) is 3.70. The van der Waals surface area contributed by atoms with Crippen molar-refractivity contribution in [2.75, 3.05) is 18.4 Å². The quantitative estimate of drug-likeness (QED) is 0.851. The minimum absolute atomic E-state index is 0.00166. The van der Waals surface area contributed by atoms with Gasteiger partial charge in [-0.2, -0.15) is 0 Å². The molecule has 0 aromatic heterocycles. The number of hydrogen-bond acceptors (Lipinski definition) is 3. The molecule has 6 heteroatoms. The first-order valence-electron chi connectivity index (χ1n) is 9.33. The summed E-state index contributed by atoms with van der Waals surface area (Å²) in [5.41, 5.74) is 1.58. The van der Waals surface area contributed by atoms with Crippen LogP contribution in [0.25, 0.3) is 0 Å². The molecule has 0 aliphatic carbocycles. The van der Waals surface area contributed by atoms with E-state index in [0.29, 0.717) is 21.8 Å². The van der Waals surface area contributed by atoms with Crippen molar-refractivity contribution in [3.05, 3.63) is 64.7 Å². The van der Waals surface area contributed by atoms with E-state index in [-0.39, 0.29) is 23.9 Å². The van der Waals surface area contributed by atoms with Gasteiger partial charge in [0.1, 0.15) is 0 Å². The first kappa shape index (κ1) is 18.0. The van der Waals surface area contributed by atoms with Gasteiger partial charge in [0.25, 0.3) is 11.8 Å². The Morgan fingerprint density at radius 2 is 1.74 bits per heavy atom. The van der Waals surface area contributed by atoms with E-state index in [1.165, 1.54) is 0 Å². The number of fused-ring (bicyclic) bond motifs is 2. The Labute approximate surface area is 163 Å². The van der Waals surface area contributed by atoms with Crippen molar-refractivity contribution in [3.8, 4) is 0 Å². The first-order chi connectivity index (χ1) is 13.1. The summed E-state index contributed by atoms with van der Waals surface area (Å²) in [6.45, 7) is 1.78. The van der Waals surface area contributed by atoms with Crippen molar-refractivity contribution < 1.29 is 9.59 Å². The Bertz CT molecular complexity index is 839. The summed E-state index contributed by atoms with van der Waals surface area (Å²) in [5.74, 6) is -0.259. The van der Waals surface area contributed by atoms with Crippen LogP contribution in [0, 0.1) is 0 Å². The van der Waals surface area contributed by atoms with Crippen molar-refractivity contribution in [2.24, 2.45) is 0 Å². The molecular weight excluding hydrogens is 362 g/mol. The molecule has 4 rings (SSSR count). The molecule has 0 spiro atoms. The van der Waals surface area contributed by atoms with E-state index in [0.717, 1.165) is 32.4 Å². The molecule has 2 fully saturated rings. The molecule has 2 amide bonds. The minimum atomic E-state index is -0.257. The maximum atomic E-state index is 13.3. The average Bonchev–Trinajstić information content (AvgIpc) is 2.94. The van der Waals surface area contributed by atoms with Crippen LogP contribution in [0.2, 0.25) is 5.02 Å². The largest absolute Gasteiger partial charge is 0.331 e. The average molecular weight is 384 g/mol. The fourth-order valence-electron chi connectivity index (χ4n) is 4.03. The summed E-state index contributed by atoms with van der Waals surface area (Å²) in [5, 5.41) is 6.88. The molecule has 27 heavy (non-hydrogen) atoms. The zero-order valence-electron chi connectivity index (χ0n) is 15.0. The number of carbonyl (C=O) groups excluding carboxylic acids is 2. The third-order valence-corrected chi connectivity index (χ3v) is 5.65. The summed E-state index contributed by atoms with van der Waals surface area (Å²) < 4.78 is 0. The number of benzene rings is 2. The lowest BCUT2D eigenvalue weighted by molar-refractivity contribution is 0.0681. The Balaban J connectivity index is 1.58. The van der Waals surface area contributed by atoms with Crippen molar-refractivity contribution in [2.45, 2.75) is 31.3 Å². The molecule has 2 heterocycles. The van der Waals surface area contributed by atoms with Crippen molar-refractivity contribution >= 4 is 29.1 Å². The van der Waals surface area contributed by atoms with Crippen LogP contribution in [0.4, 0.5) is 5.69 Å². The summed E-state index contributed by atoms with van der Waals surface area (Å²) in [7, 11) is 0. The smallest absolute Gasteiger partial charge is 0.256 e. The maximum Gasteiger partial charge on any atom is 0.256 e. The van der Waals surface area contributed by atoms with E-state index in [4.69, 9.17) is 11.6 Å². The number of nitrogens with one attached hydrogen (secondary N) is 2. The SMILES string of the molecule is O=C(Nc1ccccc1C(=O)N1C2CCNCC1CC2)c1ccc(Cl)cc1. The second-order valence-corrected chi connectivity index (χ2v) is 7.53. The molecule has 2 bridgehead atoms. The van der Waals surface area contributed by atoms with E-state index >= 15 is 0 Å². The van der Waals surface area contributed by atoms with Gasteiger partial charge in [-0.15, -0.1) is 0 Å². The predicted octanol–water partition coefficient (Wildman–Crippen LogP) is 3.56. The highest BCUT2D eigenvalue weighted by Gasteiger charge is 2.38. The van der Waals surface area contributed by atoms with Gasteiger partial charge in [0.15, 0.2) is 0 Å². The van der Waals surface area contributed by atoms with Gasteiger partial charge in [0, 0.05) is 29.2 Å². The Hall–Kier alpha value is -2.37. The van der Waals surface area contributed by atoms with Gasteiger partial charge >= 0.3 is 0 Å². The Kier molecular flexibility index (Phi) is 5.14. The highest BCUT2D eigenvalue weighted by atomic mass is 35.5. The highest BCUT2D eigenvalue weighted by molar-refractivity contribution is 6.30. The molecular formula is C21H22ClN3O2. The van der Waals surface area contributed by atoms with Crippen LogP contribution < -0.4 is 10.6 Å². The highest BCUT2D eigenvalue weighted by Crippen LogP contribution is 2.31. The maximum absolute atomic E-state index is 13.3. The van der Waals surface area contributed by atoms with E-state index in [9.17, 15) is 9.59 Å². The molecule has 2 aromatic rings. The molecule has 2 saturated heterocycles. The molecule has 2 aromatic carbocycles. The fraction of sp³-hybridized carbons (Fsp3) is 0.333. The summed E-state index contributed by atoms with van der Waals surface area (Å²) in [4.78, 5) is 27.9. The summed E-state index contributed by atoms with van der Waals surface area (Å²) >= 11 is 5.89. The van der Waals surface area contributed by atoms with E-state index < -0.39 is 0 Å². The van der Waals surface area contributed by atoms with Gasteiger partial charge in [-0.05, 0) is 62.2 Å². The second kappa shape index (κ2) is 7.71. The third-order valence-electron chi connectivity index (χ3n) is 5.40. The topological polar surface area (TPSA) is 61.4 Å². The second-order valence-electron chi connectivity index (χ2n) is 7.10. The molecule has 2 N–H and O–H groups in total. The van der Waals surface area contributed by atoms with Crippen LogP contribution in [-0.2, 0) is 0 Å². The number of rotatable bonds is 3. The van der Waals surface area contributed by atoms with Gasteiger partial charge in [-0.3, -0.25) is 9.59 Å². The number of para-hydroxylation sites is 1. The van der Waals surface area contributed by atoms with Crippen molar-refractivity contribution in [1.29, 1.82) is 0 Å². The number of anilines is 1. The normalized spacial score (nSPS) is 21.6. The Morgan fingerprint density at radius 3 is 2.56 bits per heavy atom. The first-order valence-corrected chi connectivity index (χ1v) is 9.70. The molecule has 0 radical (unpaired) electrons. The van der Waals surface area contributed by atoms with Crippen molar-refractivity contribution in [3.63, 3.8) is 0 Å². The van der Waals surface area contributed by atoms with Gasteiger partial charge in [-0.25, -0.2) is 0 Å². The zero-order valence-corrected chi connectivity index (χ0v) is 15.7. The van der Waals surface area contributed by atoms with E-state index in [2.05, 4.69) is 10.6 Å². The standard InChI is InChI=1S/C21H22ClN3O2/c22-15-7-5-14(6-8-15)20(26)24-19-4-2-1-3-18(19)21(27)25-16-9-10-17(25)13-23-12-11-16/h1-8,16-17,23H,9-13H2,(H,24,26).